The van der Waals surface area contributed by atoms with Crippen LogP contribution >= 0.6 is 12.4 Å². The molecule has 5 heteroatoms. The minimum atomic E-state index is -4.30. The lowest BCUT2D eigenvalue weighted by atomic mass is 9.74. The van der Waals surface area contributed by atoms with E-state index in [9.17, 15) is 13.2 Å². The van der Waals surface area contributed by atoms with Crippen LogP contribution in [0.2, 0.25) is 0 Å². The van der Waals surface area contributed by atoms with E-state index in [0.29, 0.717) is 0 Å². The summed E-state index contributed by atoms with van der Waals surface area (Å²) in [5.41, 5.74) is -0.248. The molecule has 1 aliphatic heterocycles. The van der Waals surface area contributed by atoms with Crippen LogP contribution in [-0.2, 0) is 11.6 Å². The molecule has 0 radical (unpaired) electrons. The van der Waals surface area contributed by atoms with E-state index in [2.05, 4.69) is 11.2 Å². The molecule has 1 saturated heterocycles. The minimum Gasteiger partial charge on any atom is -0.317 e. The fraction of sp³-hybridized carbons (Fsp3) is 0.429. The van der Waals surface area contributed by atoms with Crippen molar-refractivity contribution in [1.29, 1.82) is 0 Å². The zero-order valence-corrected chi connectivity index (χ0v) is 11.1. The number of benzene rings is 1. The molecule has 2 rings (SSSR count). The lowest BCUT2D eigenvalue weighted by Crippen LogP contribution is -2.38. The normalized spacial score (nSPS) is 18.2. The largest absolute Gasteiger partial charge is 0.416 e. The van der Waals surface area contributed by atoms with Crippen LogP contribution in [0.25, 0.3) is 0 Å². The van der Waals surface area contributed by atoms with Crippen LogP contribution < -0.4 is 5.32 Å². The second-order valence-corrected chi connectivity index (χ2v) is 4.55. The van der Waals surface area contributed by atoms with Crippen LogP contribution in [0.5, 0.6) is 0 Å². The van der Waals surface area contributed by atoms with Gasteiger partial charge in [-0.2, -0.15) is 13.2 Å². The Balaban J connectivity index is 0.00000180. The lowest BCUT2D eigenvalue weighted by Gasteiger charge is -2.33. The van der Waals surface area contributed by atoms with E-state index in [1.807, 2.05) is 0 Å². The van der Waals surface area contributed by atoms with Gasteiger partial charge in [0.15, 0.2) is 0 Å². The highest BCUT2D eigenvalue weighted by atomic mass is 35.5. The summed E-state index contributed by atoms with van der Waals surface area (Å²) < 4.78 is 37.5. The van der Waals surface area contributed by atoms with Gasteiger partial charge in [-0.15, -0.1) is 18.8 Å². The van der Waals surface area contributed by atoms with Gasteiger partial charge in [0, 0.05) is 0 Å². The van der Waals surface area contributed by atoms with Crippen LogP contribution in [0.4, 0.5) is 13.2 Å². The Bertz CT molecular complexity index is 453. The quantitative estimate of drug-likeness (QED) is 0.782. The van der Waals surface area contributed by atoms with Gasteiger partial charge in [-0.3, -0.25) is 0 Å². The van der Waals surface area contributed by atoms with Gasteiger partial charge in [0.05, 0.1) is 11.0 Å². The second kappa shape index (κ2) is 5.85. The molecule has 104 valence electrons. The zero-order valence-electron chi connectivity index (χ0n) is 10.3. The van der Waals surface area contributed by atoms with Crippen molar-refractivity contribution in [2.75, 3.05) is 13.1 Å². The van der Waals surface area contributed by atoms with Crippen molar-refractivity contribution >= 4 is 12.4 Å². The predicted octanol–water partition coefficient (Wildman–Crippen LogP) is 3.38. The number of nitrogens with one attached hydrogen (secondary N) is 1. The average Bonchev–Trinajstić information content (AvgIpc) is 2.39. The minimum absolute atomic E-state index is 0. The van der Waals surface area contributed by atoms with Crippen molar-refractivity contribution in [2.45, 2.75) is 24.4 Å². The van der Waals surface area contributed by atoms with Crippen molar-refractivity contribution in [3.63, 3.8) is 0 Å². The number of alkyl halides is 3. The van der Waals surface area contributed by atoms with Gasteiger partial charge in [-0.05, 0) is 43.6 Å². The van der Waals surface area contributed by atoms with Crippen LogP contribution in [0.3, 0.4) is 0 Å². The van der Waals surface area contributed by atoms with Gasteiger partial charge in [0.25, 0.3) is 0 Å². The van der Waals surface area contributed by atoms with E-state index >= 15 is 0 Å². The topological polar surface area (TPSA) is 12.0 Å². The molecule has 0 saturated carbocycles. The summed E-state index contributed by atoms with van der Waals surface area (Å²) in [5.74, 6) is 2.77. The van der Waals surface area contributed by atoms with Gasteiger partial charge in [-0.25, -0.2) is 0 Å². The Labute approximate surface area is 117 Å². The molecule has 0 unspecified atom stereocenters. The molecule has 1 aliphatic rings. The maximum Gasteiger partial charge on any atom is 0.416 e. The Kier molecular flexibility index (Phi) is 4.89. The van der Waals surface area contributed by atoms with Gasteiger partial charge >= 0.3 is 6.18 Å². The van der Waals surface area contributed by atoms with E-state index in [-0.39, 0.29) is 12.4 Å². The highest BCUT2D eigenvalue weighted by Crippen LogP contribution is 2.35. The first-order valence-electron chi connectivity index (χ1n) is 5.84. The number of halogens is 4. The van der Waals surface area contributed by atoms with Crippen molar-refractivity contribution in [2.24, 2.45) is 0 Å². The van der Waals surface area contributed by atoms with Gasteiger partial charge in [-0.1, -0.05) is 18.1 Å². The summed E-state index contributed by atoms with van der Waals surface area (Å²) in [5, 5.41) is 3.20. The highest BCUT2D eigenvalue weighted by molar-refractivity contribution is 5.85. The fourth-order valence-corrected chi connectivity index (χ4v) is 2.35. The van der Waals surface area contributed by atoms with E-state index < -0.39 is 17.2 Å². The molecule has 0 amide bonds. The molecule has 0 spiro atoms. The molecular weight excluding hydrogens is 275 g/mol. The number of rotatable bonds is 1. The molecule has 0 bridgehead atoms. The SMILES string of the molecule is C#CC1(c2ccc(C(F)(F)F)cc2)CCNCC1.Cl. The molecule has 1 nitrogen and oxygen atoms in total. The third kappa shape index (κ3) is 3.23. The molecule has 1 N–H and O–H groups in total. The number of hydrogen-bond acceptors (Lipinski definition) is 1. The summed E-state index contributed by atoms with van der Waals surface area (Å²) in [4.78, 5) is 0. The number of terminal acetylenes is 1. The van der Waals surface area contributed by atoms with Crippen LogP contribution in [0, 0.1) is 12.3 Å². The van der Waals surface area contributed by atoms with Crippen molar-refractivity contribution in [3.8, 4) is 12.3 Å². The molecular formula is C14H15ClF3N. The first kappa shape index (κ1) is 15.9. The molecule has 1 heterocycles. The molecule has 1 fully saturated rings. The second-order valence-electron chi connectivity index (χ2n) is 4.55. The predicted molar refractivity (Wildman–Crippen MR) is 71.3 cm³/mol. The van der Waals surface area contributed by atoms with Gasteiger partial charge in [0.2, 0.25) is 0 Å². The molecule has 1 aromatic carbocycles. The summed E-state index contributed by atoms with van der Waals surface area (Å²) in [6.45, 7) is 1.59. The summed E-state index contributed by atoms with van der Waals surface area (Å²) in [6, 6.07) is 5.23. The van der Waals surface area contributed by atoms with Crippen LogP contribution in [0.15, 0.2) is 24.3 Å². The third-order valence-electron chi connectivity index (χ3n) is 3.50. The Morgan fingerprint density at radius 3 is 2.05 bits per heavy atom. The average molecular weight is 290 g/mol. The van der Waals surface area contributed by atoms with Crippen molar-refractivity contribution < 1.29 is 13.2 Å². The van der Waals surface area contributed by atoms with Crippen LogP contribution in [0.1, 0.15) is 24.0 Å². The smallest absolute Gasteiger partial charge is 0.317 e. The molecule has 0 aromatic heterocycles. The molecule has 19 heavy (non-hydrogen) atoms. The third-order valence-corrected chi connectivity index (χ3v) is 3.50. The Morgan fingerprint density at radius 1 is 1.11 bits per heavy atom. The monoisotopic (exact) mass is 289 g/mol. The first-order chi connectivity index (χ1) is 8.48. The zero-order chi connectivity index (χ0) is 13.2. The van der Waals surface area contributed by atoms with E-state index in [4.69, 9.17) is 6.42 Å². The first-order valence-corrected chi connectivity index (χ1v) is 5.84. The summed E-state index contributed by atoms with van der Waals surface area (Å²) in [6.07, 6.45) is 2.82. The van der Waals surface area contributed by atoms with Gasteiger partial charge in [0.1, 0.15) is 0 Å². The van der Waals surface area contributed by atoms with E-state index in [1.165, 1.54) is 12.1 Å². The van der Waals surface area contributed by atoms with Gasteiger partial charge < -0.3 is 5.32 Å². The molecule has 1 aromatic rings. The molecule has 0 atom stereocenters. The van der Waals surface area contributed by atoms with E-state index in [0.717, 1.165) is 43.6 Å². The summed E-state index contributed by atoms with van der Waals surface area (Å²) in [7, 11) is 0. The standard InChI is InChI=1S/C14H14F3N.ClH/c1-2-13(7-9-18-10-8-13)11-3-5-12(6-4-11)14(15,16)17;/h1,3-6,18H,7-10H2;1H. The highest BCUT2D eigenvalue weighted by Gasteiger charge is 2.34. The fourth-order valence-electron chi connectivity index (χ4n) is 2.35. The number of hydrogen-bond donors (Lipinski definition) is 1. The lowest BCUT2D eigenvalue weighted by molar-refractivity contribution is -0.137. The van der Waals surface area contributed by atoms with Crippen LogP contribution in [-0.4, -0.2) is 13.1 Å². The maximum atomic E-state index is 12.5. The van der Waals surface area contributed by atoms with E-state index in [1.54, 1.807) is 0 Å². The van der Waals surface area contributed by atoms with Crippen molar-refractivity contribution in [3.05, 3.63) is 35.4 Å². The molecule has 0 aliphatic carbocycles. The van der Waals surface area contributed by atoms with Crippen molar-refractivity contribution in [1.82, 2.24) is 5.32 Å². The Morgan fingerprint density at radius 2 is 1.63 bits per heavy atom. The number of piperidine rings is 1. The summed E-state index contributed by atoms with van der Waals surface area (Å²) >= 11 is 0. The Hall–Kier alpha value is -1.18. The maximum absolute atomic E-state index is 12.5.